The molecule has 100 valence electrons. The van der Waals surface area contributed by atoms with Gasteiger partial charge in [-0.1, -0.05) is 23.7 Å². The number of hydrogen-bond donors (Lipinski definition) is 2. The molecule has 0 unspecified atom stereocenters. The Morgan fingerprint density at radius 1 is 1.26 bits per heavy atom. The van der Waals surface area contributed by atoms with E-state index in [1.807, 2.05) is 24.3 Å². The number of nitrogens with one attached hydrogen (secondary N) is 1. The smallest absolute Gasteiger partial charge is 0.223 e. The highest BCUT2D eigenvalue weighted by Gasteiger charge is 2.11. The summed E-state index contributed by atoms with van der Waals surface area (Å²) in [5.41, 5.74) is 0.918. The van der Waals surface area contributed by atoms with Crippen molar-refractivity contribution < 1.29 is 9.84 Å². The molecule has 0 amide bonds. The van der Waals surface area contributed by atoms with Crippen molar-refractivity contribution in [3.63, 3.8) is 0 Å². The first kappa shape index (κ1) is 13.6. The predicted molar refractivity (Wildman–Crippen MR) is 73.5 cm³/mol. The van der Waals surface area contributed by atoms with E-state index in [2.05, 4.69) is 15.3 Å². The van der Waals surface area contributed by atoms with Gasteiger partial charge in [0.05, 0.1) is 37.2 Å². The van der Waals surface area contributed by atoms with Crippen LogP contribution >= 0.6 is 11.6 Å². The van der Waals surface area contributed by atoms with Gasteiger partial charge in [0.25, 0.3) is 0 Å². The number of aliphatic hydroxyl groups is 1. The molecule has 0 aliphatic carbocycles. The molecule has 2 rings (SSSR count). The molecular formula is C13H14ClN3O2. The van der Waals surface area contributed by atoms with E-state index in [9.17, 15) is 5.11 Å². The Morgan fingerprint density at radius 2 is 1.89 bits per heavy atom. The Hall–Kier alpha value is -1.85. The van der Waals surface area contributed by atoms with Crippen LogP contribution in [-0.2, 0) is 0 Å². The monoisotopic (exact) mass is 279 g/mol. The number of benzene rings is 1. The van der Waals surface area contributed by atoms with Gasteiger partial charge in [-0.05, 0) is 17.7 Å². The minimum absolute atomic E-state index is 0.0711. The third-order valence-electron chi connectivity index (χ3n) is 2.62. The molecule has 1 aromatic heterocycles. The van der Waals surface area contributed by atoms with Gasteiger partial charge in [0.1, 0.15) is 5.75 Å². The van der Waals surface area contributed by atoms with Crippen molar-refractivity contribution in [1.82, 2.24) is 9.97 Å². The molecule has 0 saturated carbocycles. The lowest BCUT2D eigenvalue weighted by Gasteiger charge is -2.16. The van der Waals surface area contributed by atoms with Crippen molar-refractivity contribution in [2.24, 2.45) is 0 Å². The summed E-state index contributed by atoms with van der Waals surface area (Å²) in [7, 11) is 1.61. The lowest BCUT2D eigenvalue weighted by atomic mass is 10.1. The molecule has 5 nitrogen and oxygen atoms in total. The average molecular weight is 280 g/mol. The zero-order chi connectivity index (χ0) is 13.7. The summed E-state index contributed by atoms with van der Waals surface area (Å²) < 4.78 is 5.09. The lowest BCUT2D eigenvalue weighted by Crippen LogP contribution is -2.16. The molecule has 0 fully saturated rings. The highest BCUT2D eigenvalue weighted by atomic mass is 35.5. The number of aliphatic hydroxyl groups excluding tert-OH is 1. The molecule has 1 atom stereocenters. The normalized spacial score (nSPS) is 11.9. The van der Waals surface area contributed by atoms with Gasteiger partial charge < -0.3 is 15.2 Å². The molecule has 0 spiro atoms. The number of ether oxygens (including phenoxy) is 1. The second kappa shape index (κ2) is 6.36. The number of hydrogen-bond acceptors (Lipinski definition) is 5. The van der Waals surface area contributed by atoms with Crippen LogP contribution in [-0.4, -0.2) is 28.8 Å². The molecular weight excluding hydrogens is 266 g/mol. The van der Waals surface area contributed by atoms with Crippen molar-refractivity contribution in [2.45, 2.75) is 6.04 Å². The van der Waals surface area contributed by atoms with Gasteiger partial charge in [-0.3, -0.25) is 0 Å². The molecule has 0 radical (unpaired) electrons. The fourth-order valence-corrected chi connectivity index (χ4v) is 1.71. The second-order valence-electron chi connectivity index (χ2n) is 3.88. The number of anilines is 1. The van der Waals surface area contributed by atoms with Gasteiger partial charge in [-0.2, -0.15) is 0 Å². The van der Waals surface area contributed by atoms with Crippen LogP contribution in [0.4, 0.5) is 5.95 Å². The number of nitrogens with zero attached hydrogens (tertiary/aromatic N) is 2. The minimum atomic E-state index is -0.285. The Balaban J connectivity index is 2.12. The summed E-state index contributed by atoms with van der Waals surface area (Å²) in [6.07, 6.45) is 3.00. The summed E-state index contributed by atoms with van der Waals surface area (Å²) in [6, 6.07) is 7.14. The summed E-state index contributed by atoms with van der Waals surface area (Å²) in [5, 5.41) is 13.0. The van der Waals surface area contributed by atoms with Gasteiger partial charge >= 0.3 is 0 Å². The maximum atomic E-state index is 9.45. The predicted octanol–water partition coefficient (Wildman–Crippen LogP) is 2.28. The lowest BCUT2D eigenvalue weighted by molar-refractivity contribution is 0.275. The number of methoxy groups -OCH3 is 1. The van der Waals surface area contributed by atoms with E-state index in [4.69, 9.17) is 16.3 Å². The molecule has 1 aromatic carbocycles. The van der Waals surface area contributed by atoms with Gasteiger partial charge in [0.15, 0.2) is 0 Å². The standard InChI is InChI=1S/C13H14ClN3O2/c1-19-11-4-2-9(3-5-11)12(8-18)17-13-15-6-10(14)7-16-13/h2-7,12,18H,8H2,1H3,(H,15,16,17)/t12-/m0/s1. The van der Waals surface area contributed by atoms with Gasteiger partial charge in [-0.15, -0.1) is 0 Å². The van der Waals surface area contributed by atoms with Gasteiger partial charge in [0.2, 0.25) is 5.95 Å². The Labute approximate surface area is 116 Å². The highest BCUT2D eigenvalue weighted by Crippen LogP contribution is 2.20. The van der Waals surface area contributed by atoms with E-state index < -0.39 is 0 Å². The molecule has 0 bridgehead atoms. The third kappa shape index (κ3) is 3.56. The minimum Gasteiger partial charge on any atom is -0.497 e. The fraction of sp³-hybridized carbons (Fsp3) is 0.231. The quantitative estimate of drug-likeness (QED) is 0.879. The van der Waals surface area contributed by atoms with Crippen LogP contribution in [0.1, 0.15) is 11.6 Å². The van der Waals surface area contributed by atoms with Crippen molar-refractivity contribution >= 4 is 17.5 Å². The van der Waals surface area contributed by atoms with Crippen LogP contribution < -0.4 is 10.1 Å². The van der Waals surface area contributed by atoms with Crippen LogP contribution in [0.5, 0.6) is 5.75 Å². The Morgan fingerprint density at radius 3 is 2.42 bits per heavy atom. The van der Waals surface area contributed by atoms with Crippen molar-refractivity contribution in [1.29, 1.82) is 0 Å². The highest BCUT2D eigenvalue weighted by molar-refractivity contribution is 6.30. The molecule has 1 heterocycles. The zero-order valence-electron chi connectivity index (χ0n) is 10.4. The van der Waals surface area contributed by atoms with Crippen molar-refractivity contribution in [3.05, 3.63) is 47.2 Å². The Bertz CT molecular complexity index is 516. The molecule has 2 aromatic rings. The van der Waals surface area contributed by atoms with Crippen LogP contribution in [0.2, 0.25) is 5.02 Å². The number of aromatic nitrogens is 2. The van der Waals surface area contributed by atoms with E-state index in [0.717, 1.165) is 11.3 Å². The topological polar surface area (TPSA) is 67.3 Å². The first-order chi connectivity index (χ1) is 9.22. The van der Waals surface area contributed by atoms with Crippen LogP contribution in [0.15, 0.2) is 36.7 Å². The summed E-state index contributed by atoms with van der Waals surface area (Å²) in [5.74, 6) is 1.18. The molecule has 0 saturated heterocycles. The molecule has 6 heteroatoms. The SMILES string of the molecule is COc1ccc([C@H](CO)Nc2ncc(Cl)cn2)cc1. The maximum Gasteiger partial charge on any atom is 0.223 e. The van der Waals surface area contributed by atoms with Crippen molar-refractivity contribution in [3.8, 4) is 5.75 Å². The van der Waals surface area contributed by atoms with Gasteiger partial charge in [-0.25, -0.2) is 9.97 Å². The van der Waals surface area contributed by atoms with Crippen LogP contribution in [0, 0.1) is 0 Å². The Kier molecular flexibility index (Phi) is 4.54. The van der Waals surface area contributed by atoms with E-state index in [1.54, 1.807) is 7.11 Å². The fourth-order valence-electron chi connectivity index (χ4n) is 1.61. The first-order valence-electron chi connectivity index (χ1n) is 5.72. The third-order valence-corrected chi connectivity index (χ3v) is 2.82. The number of rotatable bonds is 5. The van der Waals surface area contributed by atoms with Crippen LogP contribution in [0.3, 0.4) is 0 Å². The number of halogens is 1. The first-order valence-corrected chi connectivity index (χ1v) is 6.09. The summed E-state index contributed by atoms with van der Waals surface area (Å²) in [6.45, 7) is -0.0711. The van der Waals surface area contributed by atoms with Gasteiger partial charge in [0, 0.05) is 0 Å². The summed E-state index contributed by atoms with van der Waals surface area (Å²) in [4.78, 5) is 8.07. The largest absolute Gasteiger partial charge is 0.497 e. The van der Waals surface area contributed by atoms with E-state index in [1.165, 1.54) is 12.4 Å². The molecule has 2 N–H and O–H groups in total. The average Bonchev–Trinajstić information content (AvgIpc) is 2.47. The van der Waals surface area contributed by atoms with E-state index in [0.29, 0.717) is 11.0 Å². The van der Waals surface area contributed by atoms with Crippen LogP contribution in [0.25, 0.3) is 0 Å². The van der Waals surface area contributed by atoms with E-state index in [-0.39, 0.29) is 12.6 Å². The molecule has 19 heavy (non-hydrogen) atoms. The second-order valence-corrected chi connectivity index (χ2v) is 4.31. The zero-order valence-corrected chi connectivity index (χ0v) is 11.1. The van der Waals surface area contributed by atoms with E-state index >= 15 is 0 Å². The van der Waals surface area contributed by atoms with Crippen molar-refractivity contribution in [2.75, 3.05) is 19.0 Å². The maximum absolute atomic E-state index is 9.45. The molecule has 0 aliphatic rings. The molecule has 0 aliphatic heterocycles. The summed E-state index contributed by atoms with van der Waals surface area (Å²) >= 11 is 5.72.